The van der Waals surface area contributed by atoms with Gasteiger partial charge >= 0.3 is 0 Å². The molecule has 18 heavy (non-hydrogen) atoms. The Kier molecular flexibility index (Phi) is 2.65. The highest BCUT2D eigenvalue weighted by molar-refractivity contribution is 7.15. The van der Waals surface area contributed by atoms with E-state index in [0.29, 0.717) is 12.1 Å². The number of aromatic nitrogens is 2. The van der Waals surface area contributed by atoms with Crippen molar-refractivity contribution in [2.24, 2.45) is 5.73 Å². The number of nitrogens with two attached hydrogens (primary N) is 1. The molecule has 0 spiro atoms. The van der Waals surface area contributed by atoms with Crippen molar-refractivity contribution in [1.29, 1.82) is 0 Å². The second-order valence-corrected chi connectivity index (χ2v) is 5.01. The van der Waals surface area contributed by atoms with Crippen LogP contribution in [0.4, 0.5) is 4.39 Å². The Morgan fingerprint density at radius 3 is 3.00 bits per heavy atom. The summed E-state index contributed by atoms with van der Waals surface area (Å²) in [6.07, 6.45) is 1.95. The lowest BCUT2D eigenvalue weighted by Gasteiger charge is -1.99. The third-order valence-corrected chi connectivity index (χ3v) is 3.83. The van der Waals surface area contributed by atoms with Crippen LogP contribution in [0.25, 0.3) is 16.2 Å². The van der Waals surface area contributed by atoms with Gasteiger partial charge in [-0.05, 0) is 30.7 Å². The molecule has 0 atom stereocenters. The van der Waals surface area contributed by atoms with Crippen molar-refractivity contribution in [3.63, 3.8) is 0 Å². The molecule has 5 heteroatoms. The number of nitrogens with zero attached hydrogens (tertiary/aromatic N) is 2. The molecule has 3 aromatic rings. The molecule has 0 saturated heterocycles. The van der Waals surface area contributed by atoms with Gasteiger partial charge in [-0.3, -0.25) is 4.40 Å². The summed E-state index contributed by atoms with van der Waals surface area (Å²) in [7, 11) is 0. The fraction of sp³-hybridized carbons (Fsp3) is 0.154. The number of hydrogen-bond donors (Lipinski definition) is 1. The number of fused-ring (bicyclic) bond motifs is 1. The van der Waals surface area contributed by atoms with E-state index in [2.05, 4.69) is 4.98 Å². The molecule has 1 aromatic carbocycles. The summed E-state index contributed by atoms with van der Waals surface area (Å²) in [5, 5.41) is 2.00. The summed E-state index contributed by atoms with van der Waals surface area (Å²) in [5.74, 6) is -0.192. The number of imidazole rings is 1. The second-order valence-electron chi connectivity index (χ2n) is 4.17. The highest BCUT2D eigenvalue weighted by atomic mass is 32.1. The summed E-state index contributed by atoms with van der Waals surface area (Å²) in [6.45, 7) is 2.24. The first-order valence-corrected chi connectivity index (χ1v) is 6.49. The van der Waals surface area contributed by atoms with Crippen LogP contribution in [-0.4, -0.2) is 9.38 Å². The molecular weight excluding hydrogens is 249 g/mol. The SMILES string of the molecule is Cc1cc(-c2cn3c(CN)csc3n2)ccc1F. The molecular formula is C13H12FN3S. The van der Waals surface area contributed by atoms with E-state index in [9.17, 15) is 4.39 Å². The Hall–Kier alpha value is -1.72. The minimum Gasteiger partial charge on any atom is -0.325 e. The van der Waals surface area contributed by atoms with Gasteiger partial charge in [0.1, 0.15) is 5.82 Å². The normalized spacial score (nSPS) is 11.3. The molecule has 92 valence electrons. The Labute approximate surface area is 108 Å². The zero-order valence-corrected chi connectivity index (χ0v) is 10.7. The van der Waals surface area contributed by atoms with Gasteiger partial charge in [0.25, 0.3) is 0 Å². The molecule has 0 amide bonds. The van der Waals surface area contributed by atoms with Crippen LogP contribution in [0, 0.1) is 12.7 Å². The van der Waals surface area contributed by atoms with E-state index < -0.39 is 0 Å². The van der Waals surface area contributed by atoms with Crippen LogP contribution in [0.5, 0.6) is 0 Å². The van der Waals surface area contributed by atoms with E-state index in [-0.39, 0.29) is 5.82 Å². The molecule has 0 radical (unpaired) electrons. The van der Waals surface area contributed by atoms with Crippen molar-refractivity contribution in [2.45, 2.75) is 13.5 Å². The van der Waals surface area contributed by atoms with Gasteiger partial charge in [-0.2, -0.15) is 0 Å². The van der Waals surface area contributed by atoms with Gasteiger partial charge in [0.15, 0.2) is 4.96 Å². The lowest BCUT2D eigenvalue weighted by molar-refractivity contribution is 0.619. The first kappa shape index (κ1) is 11.4. The van der Waals surface area contributed by atoms with Gasteiger partial charge in [0.05, 0.1) is 5.69 Å². The van der Waals surface area contributed by atoms with Crippen LogP contribution in [0.2, 0.25) is 0 Å². The maximum atomic E-state index is 13.2. The number of thiazole rings is 1. The van der Waals surface area contributed by atoms with E-state index in [1.807, 2.05) is 22.0 Å². The van der Waals surface area contributed by atoms with Gasteiger partial charge in [0.2, 0.25) is 0 Å². The molecule has 0 unspecified atom stereocenters. The zero-order chi connectivity index (χ0) is 12.7. The minimum absolute atomic E-state index is 0.192. The number of aryl methyl sites for hydroxylation is 1. The Morgan fingerprint density at radius 1 is 1.44 bits per heavy atom. The lowest BCUT2D eigenvalue weighted by atomic mass is 10.1. The summed E-state index contributed by atoms with van der Waals surface area (Å²) in [5.41, 5.74) is 9.09. The molecule has 0 aliphatic heterocycles. The highest BCUT2D eigenvalue weighted by Crippen LogP contribution is 2.24. The number of halogens is 1. The predicted octanol–water partition coefficient (Wildman–Crippen LogP) is 2.97. The first-order valence-electron chi connectivity index (χ1n) is 5.61. The van der Waals surface area contributed by atoms with Crippen molar-refractivity contribution >= 4 is 16.3 Å². The summed E-state index contributed by atoms with van der Waals surface area (Å²) in [6, 6.07) is 5.03. The smallest absolute Gasteiger partial charge is 0.194 e. The van der Waals surface area contributed by atoms with Crippen molar-refractivity contribution < 1.29 is 4.39 Å². The van der Waals surface area contributed by atoms with E-state index in [1.165, 1.54) is 6.07 Å². The Bertz CT molecular complexity index is 714. The van der Waals surface area contributed by atoms with Crippen LogP contribution in [-0.2, 0) is 6.54 Å². The topological polar surface area (TPSA) is 43.3 Å². The van der Waals surface area contributed by atoms with Gasteiger partial charge in [-0.15, -0.1) is 11.3 Å². The largest absolute Gasteiger partial charge is 0.325 e. The third-order valence-electron chi connectivity index (χ3n) is 2.95. The maximum absolute atomic E-state index is 13.2. The molecule has 0 fully saturated rings. The van der Waals surface area contributed by atoms with Crippen molar-refractivity contribution in [2.75, 3.05) is 0 Å². The fourth-order valence-electron chi connectivity index (χ4n) is 1.92. The molecule has 0 aliphatic rings. The third kappa shape index (κ3) is 1.72. The van der Waals surface area contributed by atoms with Gasteiger partial charge in [-0.1, -0.05) is 0 Å². The monoisotopic (exact) mass is 261 g/mol. The van der Waals surface area contributed by atoms with Crippen molar-refractivity contribution in [3.8, 4) is 11.3 Å². The zero-order valence-electron chi connectivity index (χ0n) is 9.85. The summed E-state index contributed by atoms with van der Waals surface area (Å²) in [4.78, 5) is 5.44. The number of benzene rings is 1. The number of hydrogen-bond acceptors (Lipinski definition) is 3. The quantitative estimate of drug-likeness (QED) is 0.770. The molecule has 3 rings (SSSR count). The molecule has 2 aromatic heterocycles. The Morgan fingerprint density at radius 2 is 2.28 bits per heavy atom. The van der Waals surface area contributed by atoms with Crippen LogP contribution in [0.3, 0.4) is 0 Å². The van der Waals surface area contributed by atoms with Crippen LogP contribution in [0.15, 0.2) is 29.8 Å². The highest BCUT2D eigenvalue weighted by Gasteiger charge is 2.09. The van der Waals surface area contributed by atoms with Gasteiger partial charge in [0, 0.05) is 29.4 Å². The second kappa shape index (κ2) is 4.19. The average molecular weight is 261 g/mol. The van der Waals surface area contributed by atoms with E-state index in [4.69, 9.17) is 5.73 Å². The number of rotatable bonds is 2. The van der Waals surface area contributed by atoms with Gasteiger partial charge < -0.3 is 5.73 Å². The average Bonchev–Trinajstić information content (AvgIpc) is 2.92. The molecule has 2 N–H and O–H groups in total. The van der Waals surface area contributed by atoms with Crippen LogP contribution < -0.4 is 5.73 Å². The summed E-state index contributed by atoms with van der Waals surface area (Å²) < 4.78 is 15.2. The van der Waals surface area contributed by atoms with Crippen molar-refractivity contribution in [3.05, 3.63) is 46.9 Å². The van der Waals surface area contributed by atoms with E-state index in [0.717, 1.165) is 21.9 Å². The van der Waals surface area contributed by atoms with E-state index in [1.54, 1.807) is 24.3 Å². The minimum atomic E-state index is -0.192. The van der Waals surface area contributed by atoms with Crippen molar-refractivity contribution in [1.82, 2.24) is 9.38 Å². The fourth-order valence-corrected chi connectivity index (χ4v) is 2.81. The van der Waals surface area contributed by atoms with E-state index >= 15 is 0 Å². The first-order chi connectivity index (χ1) is 8.69. The van der Waals surface area contributed by atoms with Gasteiger partial charge in [-0.25, -0.2) is 9.37 Å². The molecule has 3 nitrogen and oxygen atoms in total. The standard InChI is InChI=1S/C13H12FN3S/c1-8-4-9(2-3-11(8)14)12-6-17-10(5-15)7-18-13(17)16-12/h2-4,6-7H,5,15H2,1H3. The molecule has 2 heterocycles. The lowest BCUT2D eigenvalue weighted by Crippen LogP contribution is -1.98. The molecule has 0 bridgehead atoms. The molecule has 0 aliphatic carbocycles. The maximum Gasteiger partial charge on any atom is 0.194 e. The summed E-state index contributed by atoms with van der Waals surface area (Å²) >= 11 is 1.56. The van der Waals surface area contributed by atoms with Crippen LogP contribution >= 0.6 is 11.3 Å². The Balaban J connectivity index is 2.13. The molecule has 0 saturated carbocycles. The van der Waals surface area contributed by atoms with Crippen LogP contribution in [0.1, 0.15) is 11.3 Å². The predicted molar refractivity (Wildman–Crippen MR) is 71.1 cm³/mol.